The van der Waals surface area contributed by atoms with Crippen molar-refractivity contribution in [3.63, 3.8) is 0 Å². The Bertz CT molecular complexity index is 610. The lowest BCUT2D eigenvalue weighted by Gasteiger charge is -2.20. The Morgan fingerprint density at radius 2 is 2.25 bits per heavy atom. The monoisotopic (exact) mass is 267 g/mol. The summed E-state index contributed by atoms with van der Waals surface area (Å²) in [5.74, 6) is -0.0191. The number of carbonyl (C=O) groups is 1. The number of benzene rings is 1. The predicted octanol–water partition coefficient (Wildman–Crippen LogP) is 1.66. The molecule has 1 aliphatic rings. The summed E-state index contributed by atoms with van der Waals surface area (Å²) in [4.78, 5) is 16.4. The largest absolute Gasteiger partial charge is 0.348 e. The number of aromatic nitrogens is 1. The Kier molecular flexibility index (Phi) is 3.74. The second-order valence-corrected chi connectivity index (χ2v) is 4.91. The molecule has 0 fully saturated rings. The lowest BCUT2D eigenvalue weighted by Crippen LogP contribution is -2.29. The van der Waals surface area contributed by atoms with Crippen molar-refractivity contribution in [1.82, 2.24) is 15.6 Å². The number of hydrogen-bond acceptors (Lipinski definition) is 3. The van der Waals surface area contributed by atoms with Gasteiger partial charge in [0.25, 0.3) is 5.91 Å². The van der Waals surface area contributed by atoms with Crippen molar-refractivity contribution < 1.29 is 4.79 Å². The summed E-state index contributed by atoms with van der Waals surface area (Å²) in [6.45, 7) is 2.25. The molecule has 4 nitrogen and oxygen atoms in total. The molecule has 4 heteroatoms. The van der Waals surface area contributed by atoms with Crippen LogP contribution in [0, 0.1) is 0 Å². The van der Waals surface area contributed by atoms with E-state index in [9.17, 15) is 4.79 Å². The summed E-state index contributed by atoms with van der Waals surface area (Å²) in [5, 5.41) is 6.28. The summed E-state index contributed by atoms with van der Waals surface area (Å²) in [5.41, 5.74) is 4.18. The van der Waals surface area contributed by atoms with Crippen LogP contribution in [0.25, 0.3) is 0 Å². The van der Waals surface area contributed by atoms with E-state index < -0.39 is 0 Å². The van der Waals surface area contributed by atoms with Crippen LogP contribution in [0.2, 0.25) is 0 Å². The van der Waals surface area contributed by atoms with Gasteiger partial charge in [-0.05, 0) is 41.8 Å². The van der Waals surface area contributed by atoms with Crippen LogP contribution in [0.3, 0.4) is 0 Å². The number of carbonyl (C=O) groups excluding carboxylic acids is 1. The highest BCUT2D eigenvalue weighted by molar-refractivity contribution is 5.96. The maximum atomic E-state index is 12.3. The maximum absolute atomic E-state index is 12.3. The van der Waals surface area contributed by atoms with Crippen molar-refractivity contribution in [3.05, 3.63) is 65.0 Å². The number of fused-ring (bicyclic) bond motifs is 1. The van der Waals surface area contributed by atoms with Gasteiger partial charge in [-0.3, -0.25) is 9.78 Å². The summed E-state index contributed by atoms with van der Waals surface area (Å²) in [7, 11) is 0. The van der Waals surface area contributed by atoms with Crippen molar-refractivity contribution in [3.8, 4) is 0 Å². The fourth-order valence-electron chi connectivity index (χ4n) is 2.51. The normalized spacial score (nSPS) is 13.6. The topological polar surface area (TPSA) is 54.0 Å². The first kappa shape index (κ1) is 12.8. The van der Waals surface area contributed by atoms with E-state index in [4.69, 9.17) is 0 Å². The van der Waals surface area contributed by atoms with Crippen LogP contribution in [0.5, 0.6) is 0 Å². The second-order valence-electron chi connectivity index (χ2n) is 4.91. The van der Waals surface area contributed by atoms with E-state index in [1.807, 2.05) is 24.3 Å². The molecule has 0 unspecified atom stereocenters. The molecule has 2 heterocycles. The van der Waals surface area contributed by atoms with E-state index in [0.717, 1.165) is 36.2 Å². The van der Waals surface area contributed by atoms with Gasteiger partial charge in [-0.25, -0.2) is 0 Å². The van der Waals surface area contributed by atoms with Gasteiger partial charge in [0, 0.05) is 31.0 Å². The van der Waals surface area contributed by atoms with E-state index in [2.05, 4.69) is 21.7 Å². The molecule has 2 aromatic rings. The summed E-state index contributed by atoms with van der Waals surface area (Å²) in [6, 6.07) is 9.78. The molecular weight excluding hydrogens is 250 g/mol. The first-order valence-electron chi connectivity index (χ1n) is 6.83. The molecule has 1 aromatic heterocycles. The first-order valence-corrected chi connectivity index (χ1v) is 6.83. The van der Waals surface area contributed by atoms with Gasteiger partial charge in [0.05, 0.1) is 0 Å². The number of nitrogens with one attached hydrogen (secondary N) is 2. The predicted molar refractivity (Wildman–Crippen MR) is 77.3 cm³/mol. The van der Waals surface area contributed by atoms with Crippen LogP contribution < -0.4 is 10.6 Å². The average molecular weight is 267 g/mol. The molecule has 0 radical (unpaired) electrons. The van der Waals surface area contributed by atoms with E-state index in [1.54, 1.807) is 12.4 Å². The fraction of sp³-hybridized carbons (Fsp3) is 0.250. The molecule has 0 bridgehead atoms. The Hall–Kier alpha value is -2.20. The number of nitrogens with zero attached hydrogens (tertiary/aromatic N) is 1. The third-order valence-corrected chi connectivity index (χ3v) is 3.57. The number of rotatable bonds is 3. The van der Waals surface area contributed by atoms with Crippen LogP contribution in [0.15, 0.2) is 42.7 Å². The van der Waals surface area contributed by atoms with E-state index in [-0.39, 0.29) is 5.91 Å². The molecule has 0 spiro atoms. The number of pyridine rings is 1. The van der Waals surface area contributed by atoms with Crippen LogP contribution >= 0.6 is 0 Å². The van der Waals surface area contributed by atoms with Gasteiger partial charge in [0.2, 0.25) is 0 Å². The molecule has 0 saturated heterocycles. The summed E-state index contributed by atoms with van der Waals surface area (Å²) in [6.07, 6.45) is 4.48. The number of amides is 1. The van der Waals surface area contributed by atoms with Crippen LogP contribution in [-0.2, 0) is 19.5 Å². The highest BCUT2D eigenvalue weighted by Gasteiger charge is 2.16. The zero-order chi connectivity index (χ0) is 13.8. The minimum atomic E-state index is -0.0191. The van der Waals surface area contributed by atoms with E-state index in [0.29, 0.717) is 6.54 Å². The summed E-state index contributed by atoms with van der Waals surface area (Å²) >= 11 is 0. The summed E-state index contributed by atoms with van der Waals surface area (Å²) < 4.78 is 0. The third-order valence-electron chi connectivity index (χ3n) is 3.57. The van der Waals surface area contributed by atoms with Gasteiger partial charge in [0.1, 0.15) is 0 Å². The average Bonchev–Trinajstić information content (AvgIpc) is 2.53. The van der Waals surface area contributed by atoms with Gasteiger partial charge in [-0.15, -0.1) is 0 Å². The maximum Gasteiger partial charge on any atom is 0.251 e. The van der Waals surface area contributed by atoms with Gasteiger partial charge >= 0.3 is 0 Å². The van der Waals surface area contributed by atoms with E-state index in [1.165, 1.54) is 5.56 Å². The zero-order valence-corrected chi connectivity index (χ0v) is 11.2. The minimum absolute atomic E-state index is 0.0191. The van der Waals surface area contributed by atoms with Gasteiger partial charge in [-0.1, -0.05) is 18.2 Å². The third kappa shape index (κ3) is 2.70. The Morgan fingerprint density at radius 1 is 1.30 bits per heavy atom. The molecule has 1 aromatic carbocycles. The van der Waals surface area contributed by atoms with Crippen molar-refractivity contribution in [2.24, 2.45) is 0 Å². The fourth-order valence-corrected chi connectivity index (χ4v) is 2.51. The standard InChI is InChI=1S/C16H17N3O/c20-16(19-10-12-3-2-7-17-9-12)14-5-1-4-13-6-8-18-11-15(13)14/h1-5,7,9,18H,6,8,10-11H2,(H,19,20). The molecule has 1 amide bonds. The SMILES string of the molecule is O=C(NCc1cccnc1)c1cccc2c1CNCC2. The molecule has 0 atom stereocenters. The highest BCUT2D eigenvalue weighted by Crippen LogP contribution is 2.18. The van der Waals surface area contributed by atoms with Gasteiger partial charge in [0.15, 0.2) is 0 Å². The highest BCUT2D eigenvalue weighted by atomic mass is 16.1. The molecule has 102 valence electrons. The van der Waals surface area contributed by atoms with Crippen LogP contribution in [0.1, 0.15) is 27.0 Å². The van der Waals surface area contributed by atoms with Crippen molar-refractivity contribution in [2.75, 3.05) is 6.54 Å². The van der Waals surface area contributed by atoms with Crippen LogP contribution in [-0.4, -0.2) is 17.4 Å². The van der Waals surface area contributed by atoms with Gasteiger partial charge < -0.3 is 10.6 Å². The van der Waals surface area contributed by atoms with Crippen molar-refractivity contribution in [1.29, 1.82) is 0 Å². The molecule has 0 aliphatic carbocycles. The van der Waals surface area contributed by atoms with E-state index >= 15 is 0 Å². The quantitative estimate of drug-likeness (QED) is 0.889. The number of hydrogen-bond donors (Lipinski definition) is 2. The molecule has 1 aliphatic heterocycles. The molecule has 3 rings (SSSR count). The van der Waals surface area contributed by atoms with Crippen molar-refractivity contribution in [2.45, 2.75) is 19.5 Å². The Morgan fingerprint density at radius 3 is 3.10 bits per heavy atom. The first-order chi connectivity index (χ1) is 9.84. The molecule has 20 heavy (non-hydrogen) atoms. The van der Waals surface area contributed by atoms with Crippen LogP contribution in [0.4, 0.5) is 0 Å². The smallest absolute Gasteiger partial charge is 0.251 e. The van der Waals surface area contributed by atoms with Gasteiger partial charge in [-0.2, -0.15) is 0 Å². The Labute approximate surface area is 118 Å². The lowest BCUT2D eigenvalue weighted by atomic mass is 9.95. The minimum Gasteiger partial charge on any atom is -0.348 e. The lowest BCUT2D eigenvalue weighted by molar-refractivity contribution is 0.0949. The molecular formula is C16H17N3O. The second kappa shape index (κ2) is 5.84. The molecule has 0 saturated carbocycles. The Balaban J connectivity index is 1.74. The zero-order valence-electron chi connectivity index (χ0n) is 11.2. The van der Waals surface area contributed by atoms with Crippen molar-refractivity contribution >= 4 is 5.91 Å². The molecule has 2 N–H and O–H groups in total.